The Morgan fingerprint density at radius 1 is 1.14 bits per heavy atom. The molecule has 1 aromatic carbocycles. The highest BCUT2D eigenvalue weighted by Gasteiger charge is 2.30. The molecular formula is C24H32N4O. The minimum atomic E-state index is 0.137. The van der Waals surface area contributed by atoms with Gasteiger partial charge in [-0.3, -0.25) is 4.79 Å². The van der Waals surface area contributed by atoms with Crippen LogP contribution in [0.15, 0.2) is 30.3 Å². The topological polar surface area (TPSA) is 49.3 Å². The smallest absolute Gasteiger partial charge is 0.225 e. The first-order valence-corrected chi connectivity index (χ1v) is 11.0. The van der Waals surface area contributed by atoms with E-state index in [4.69, 9.17) is 9.97 Å². The molecular weight excluding hydrogens is 360 g/mol. The Labute approximate surface area is 174 Å². The molecule has 0 spiro atoms. The third kappa shape index (κ3) is 4.29. The highest BCUT2D eigenvalue weighted by Crippen LogP contribution is 2.33. The van der Waals surface area contributed by atoms with Crippen LogP contribution < -0.4 is 4.90 Å². The number of benzene rings is 1. The Hall–Kier alpha value is -2.43. The van der Waals surface area contributed by atoms with E-state index in [1.54, 1.807) is 0 Å². The standard InChI is InChI=1S/C24H32N4O/c1-17(2)16-27(3)24(29)19-12-14-28(15-13-19)23-20-10-7-11-21(20)25-22(26-23)18-8-5-4-6-9-18/h4-6,8-9,17,19H,7,10-16H2,1-3H3. The molecule has 29 heavy (non-hydrogen) atoms. The molecule has 5 nitrogen and oxygen atoms in total. The lowest BCUT2D eigenvalue weighted by Crippen LogP contribution is -2.42. The summed E-state index contributed by atoms with van der Waals surface area (Å²) in [6.45, 7) is 6.94. The third-order valence-corrected chi connectivity index (χ3v) is 6.10. The van der Waals surface area contributed by atoms with Crippen molar-refractivity contribution in [2.75, 3.05) is 31.6 Å². The van der Waals surface area contributed by atoms with E-state index >= 15 is 0 Å². The van der Waals surface area contributed by atoms with Gasteiger partial charge in [0.25, 0.3) is 0 Å². The zero-order valence-corrected chi connectivity index (χ0v) is 17.9. The number of anilines is 1. The van der Waals surface area contributed by atoms with Crippen LogP contribution >= 0.6 is 0 Å². The first-order valence-electron chi connectivity index (χ1n) is 11.0. The van der Waals surface area contributed by atoms with Crippen molar-refractivity contribution in [1.82, 2.24) is 14.9 Å². The van der Waals surface area contributed by atoms with Gasteiger partial charge in [-0.25, -0.2) is 9.97 Å². The number of nitrogens with zero attached hydrogens (tertiary/aromatic N) is 4. The van der Waals surface area contributed by atoms with Crippen LogP contribution in [0.4, 0.5) is 5.82 Å². The average Bonchev–Trinajstić information content (AvgIpc) is 3.21. The minimum Gasteiger partial charge on any atom is -0.356 e. The summed E-state index contributed by atoms with van der Waals surface area (Å²) in [6, 6.07) is 10.3. The van der Waals surface area contributed by atoms with Gasteiger partial charge in [-0.15, -0.1) is 0 Å². The predicted octanol–water partition coefficient (Wildman–Crippen LogP) is 3.96. The molecule has 5 heteroatoms. The van der Waals surface area contributed by atoms with Gasteiger partial charge in [0.1, 0.15) is 5.82 Å². The maximum Gasteiger partial charge on any atom is 0.225 e. The molecule has 0 bridgehead atoms. The average molecular weight is 393 g/mol. The molecule has 1 aliphatic carbocycles. The van der Waals surface area contributed by atoms with Crippen molar-refractivity contribution in [1.29, 1.82) is 0 Å². The van der Waals surface area contributed by atoms with Gasteiger partial charge in [0.15, 0.2) is 5.82 Å². The molecule has 0 radical (unpaired) electrons. The van der Waals surface area contributed by atoms with Crippen molar-refractivity contribution in [2.45, 2.75) is 46.0 Å². The number of aromatic nitrogens is 2. The Bertz CT molecular complexity index is 857. The van der Waals surface area contributed by atoms with Crippen LogP contribution in [0.5, 0.6) is 0 Å². The molecule has 0 saturated carbocycles. The normalized spacial score (nSPS) is 16.9. The fourth-order valence-electron chi connectivity index (χ4n) is 4.68. The van der Waals surface area contributed by atoms with E-state index in [9.17, 15) is 4.79 Å². The Morgan fingerprint density at radius 3 is 2.55 bits per heavy atom. The van der Waals surface area contributed by atoms with E-state index in [-0.39, 0.29) is 5.92 Å². The van der Waals surface area contributed by atoms with Crippen LogP contribution in [-0.2, 0) is 17.6 Å². The summed E-state index contributed by atoms with van der Waals surface area (Å²) in [5, 5.41) is 0. The van der Waals surface area contributed by atoms with Crippen LogP contribution in [0.3, 0.4) is 0 Å². The second-order valence-electron chi connectivity index (χ2n) is 8.89. The molecule has 1 aromatic heterocycles. The van der Waals surface area contributed by atoms with Crippen LogP contribution in [0, 0.1) is 11.8 Å². The van der Waals surface area contributed by atoms with E-state index in [0.29, 0.717) is 11.8 Å². The van der Waals surface area contributed by atoms with Crippen LogP contribution in [0.25, 0.3) is 11.4 Å². The van der Waals surface area contributed by atoms with Gasteiger partial charge in [-0.05, 0) is 38.0 Å². The zero-order valence-electron chi connectivity index (χ0n) is 17.9. The fraction of sp³-hybridized carbons (Fsp3) is 0.542. The van der Waals surface area contributed by atoms with Crippen LogP contribution in [0.1, 0.15) is 44.4 Å². The number of fused-ring (bicyclic) bond motifs is 1. The Balaban J connectivity index is 1.51. The largest absolute Gasteiger partial charge is 0.356 e. The molecule has 1 aliphatic heterocycles. The number of piperidine rings is 1. The third-order valence-electron chi connectivity index (χ3n) is 6.10. The molecule has 2 heterocycles. The molecule has 154 valence electrons. The number of amides is 1. The van der Waals surface area contributed by atoms with Crippen LogP contribution in [-0.4, -0.2) is 47.5 Å². The Kier molecular flexibility index (Phi) is 5.84. The SMILES string of the molecule is CC(C)CN(C)C(=O)C1CCN(c2nc(-c3ccccc3)nc3c2CCC3)CC1. The highest BCUT2D eigenvalue weighted by molar-refractivity contribution is 5.79. The second kappa shape index (κ2) is 8.52. The van der Waals surface area contributed by atoms with Gasteiger partial charge in [-0.1, -0.05) is 44.2 Å². The van der Waals surface area contributed by atoms with Gasteiger partial charge >= 0.3 is 0 Å². The van der Waals surface area contributed by atoms with Crippen molar-refractivity contribution in [3.63, 3.8) is 0 Å². The summed E-state index contributed by atoms with van der Waals surface area (Å²) in [6.07, 6.45) is 5.07. The summed E-state index contributed by atoms with van der Waals surface area (Å²) in [7, 11) is 1.94. The van der Waals surface area contributed by atoms with E-state index in [1.165, 1.54) is 11.3 Å². The molecule has 0 N–H and O–H groups in total. The summed E-state index contributed by atoms with van der Waals surface area (Å²) in [4.78, 5) is 27.0. The van der Waals surface area contributed by atoms with E-state index < -0.39 is 0 Å². The lowest BCUT2D eigenvalue weighted by atomic mass is 9.94. The molecule has 0 unspecified atom stereocenters. The summed E-state index contributed by atoms with van der Waals surface area (Å²) < 4.78 is 0. The van der Waals surface area contributed by atoms with Gasteiger partial charge in [0.2, 0.25) is 5.91 Å². The molecule has 1 fully saturated rings. The number of hydrogen-bond donors (Lipinski definition) is 0. The first kappa shape index (κ1) is 19.9. The van der Waals surface area contributed by atoms with E-state index in [0.717, 1.165) is 68.9 Å². The number of rotatable bonds is 5. The molecule has 4 rings (SSSR count). The number of hydrogen-bond acceptors (Lipinski definition) is 4. The van der Waals surface area contributed by atoms with Gasteiger partial charge < -0.3 is 9.80 Å². The van der Waals surface area contributed by atoms with Crippen molar-refractivity contribution >= 4 is 11.7 Å². The maximum atomic E-state index is 12.8. The van der Waals surface area contributed by atoms with Gasteiger partial charge in [0.05, 0.1) is 0 Å². The lowest BCUT2D eigenvalue weighted by molar-refractivity contribution is -0.135. The van der Waals surface area contributed by atoms with Crippen molar-refractivity contribution in [3.8, 4) is 11.4 Å². The summed E-state index contributed by atoms with van der Waals surface area (Å²) in [5.41, 5.74) is 3.61. The lowest BCUT2D eigenvalue weighted by Gasteiger charge is -2.35. The number of aryl methyl sites for hydroxylation is 1. The maximum absolute atomic E-state index is 12.8. The number of carbonyl (C=O) groups excluding carboxylic acids is 1. The van der Waals surface area contributed by atoms with Crippen molar-refractivity contribution in [2.24, 2.45) is 11.8 Å². The second-order valence-corrected chi connectivity index (χ2v) is 8.89. The summed E-state index contributed by atoms with van der Waals surface area (Å²) in [5.74, 6) is 2.88. The predicted molar refractivity (Wildman–Crippen MR) is 117 cm³/mol. The van der Waals surface area contributed by atoms with E-state index in [2.05, 4.69) is 30.9 Å². The monoisotopic (exact) mass is 392 g/mol. The minimum absolute atomic E-state index is 0.137. The van der Waals surface area contributed by atoms with Crippen molar-refractivity contribution < 1.29 is 4.79 Å². The highest BCUT2D eigenvalue weighted by atomic mass is 16.2. The number of carbonyl (C=O) groups is 1. The molecule has 2 aromatic rings. The van der Waals surface area contributed by atoms with E-state index in [1.807, 2.05) is 30.1 Å². The molecule has 0 atom stereocenters. The van der Waals surface area contributed by atoms with Crippen LogP contribution in [0.2, 0.25) is 0 Å². The molecule has 2 aliphatic rings. The zero-order chi connectivity index (χ0) is 20.4. The fourth-order valence-corrected chi connectivity index (χ4v) is 4.68. The first-order chi connectivity index (χ1) is 14.0. The van der Waals surface area contributed by atoms with Gasteiger partial charge in [0, 0.05) is 49.4 Å². The molecule has 1 amide bonds. The van der Waals surface area contributed by atoms with Gasteiger partial charge in [-0.2, -0.15) is 0 Å². The molecule has 1 saturated heterocycles. The summed E-state index contributed by atoms with van der Waals surface area (Å²) >= 11 is 0. The van der Waals surface area contributed by atoms with Crippen molar-refractivity contribution in [3.05, 3.63) is 41.6 Å². The Morgan fingerprint density at radius 2 is 1.86 bits per heavy atom. The quantitative estimate of drug-likeness (QED) is 0.773.